The summed E-state index contributed by atoms with van der Waals surface area (Å²) in [5, 5.41) is 9.51. The van der Waals surface area contributed by atoms with Gasteiger partial charge in [-0.3, -0.25) is 4.79 Å². The van der Waals surface area contributed by atoms with E-state index < -0.39 is 23.2 Å². The number of carbonyl (C=O) groups excluding carboxylic acids is 1. The van der Waals surface area contributed by atoms with Crippen LogP contribution in [0.15, 0.2) is 18.2 Å². The highest BCUT2D eigenvalue weighted by Gasteiger charge is 2.49. The zero-order valence-electron chi connectivity index (χ0n) is 12.1. The molecule has 0 aliphatic carbocycles. The second-order valence-corrected chi connectivity index (χ2v) is 5.07. The Labute approximate surface area is 122 Å². The zero-order valence-corrected chi connectivity index (χ0v) is 12.1. The molecule has 1 aromatic rings. The molecular weight excluding hydrogens is 277 g/mol. The van der Waals surface area contributed by atoms with E-state index in [-0.39, 0.29) is 17.7 Å². The molecule has 21 heavy (non-hydrogen) atoms. The van der Waals surface area contributed by atoms with Crippen molar-refractivity contribution in [3.05, 3.63) is 29.6 Å². The Balaban J connectivity index is 2.47. The molecule has 2 rings (SSSR count). The SMILES string of the molecule is CCC1(C(=O)O)CCCN1C(=O)c1c(F)cccc1OC. The van der Waals surface area contributed by atoms with E-state index in [1.165, 1.54) is 30.2 Å². The summed E-state index contributed by atoms with van der Waals surface area (Å²) >= 11 is 0. The van der Waals surface area contributed by atoms with Gasteiger partial charge in [0.05, 0.1) is 7.11 Å². The lowest BCUT2D eigenvalue weighted by atomic mass is 9.92. The molecule has 0 radical (unpaired) electrons. The summed E-state index contributed by atoms with van der Waals surface area (Å²) < 4.78 is 19.1. The minimum atomic E-state index is -1.26. The van der Waals surface area contributed by atoms with Crippen molar-refractivity contribution in [2.45, 2.75) is 31.7 Å². The summed E-state index contributed by atoms with van der Waals surface area (Å²) in [5.74, 6) is -2.28. The Morgan fingerprint density at radius 1 is 1.48 bits per heavy atom. The predicted octanol–water partition coefficient (Wildman–Crippen LogP) is 2.30. The summed E-state index contributed by atoms with van der Waals surface area (Å²) in [6, 6.07) is 4.10. The van der Waals surface area contributed by atoms with E-state index in [2.05, 4.69) is 0 Å². The number of carbonyl (C=O) groups is 2. The number of ether oxygens (including phenoxy) is 1. The molecule has 1 heterocycles. The van der Waals surface area contributed by atoms with Crippen LogP contribution in [0.5, 0.6) is 5.75 Å². The minimum Gasteiger partial charge on any atom is -0.496 e. The van der Waals surface area contributed by atoms with Crippen LogP contribution in [-0.4, -0.2) is 41.1 Å². The van der Waals surface area contributed by atoms with Gasteiger partial charge in [-0.2, -0.15) is 0 Å². The first-order valence-electron chi connectivity index (χ1n) is 6.85. The van der Waals surface area contributed by atoms with Crippen LogP contribution in [0, 0.1) is 5.82 Å². The van der Waals surface area contributed by atoms with Gasteiger partial charge < -0.3 is 14.7 Å². The number of carboxylic acid groups (broad SMARTS) is 1. The average Bonchev–Trinajstić information content (AvgIpc) is 2.91. The van der Waals surface area contributed by atoms with Gasteiger partial charge in [-0.25, -0.2) is 9.18 Å². The summed E-state index contributed by atoms with van der Waals surface area (Å²) in [6.45, 7) is 2.02. The van der Waals surface area contributed by atoms with Crippen LogP contribution in [0.4, 0.5) is 4.39 Å². The number of carboxylic acids is 1. The quantitative estimate of drug-likeness (QED) is 0.925. The summed E-state index contributed by atoms with van der Waals surface area (Å²) in [6.07, 6.45) is 1.24. The van der Waals surface area contributed by atoms with E-state index in [1.54, 1.807) is 6.92 Å². The molecule has 1 aromatic carbocycles. The molecule has 1 amide bonds. The van der Waals surface area contributed by atoms with E-state index in [0.717, 1.165) is 0 Å². The molecule has 1 saturated heterocycles. The summed E-state index contributed by atoms with van der Waals surface area (Å²) in [5.41, 5.74) is -1.47. The fourth-order valence-electron chi connectivity index (χ4n) is 2.93. The number of hydrogen-bond donors (Lipinski definition) is 1. The highest BCUT2D eigenvalue weighted by molar-refractivity contribution is 6.00. The zero-order chi connectivity index (χ0) is 15.6. The third-order valence-electron chi connectivity index (χ3n) is 4.13. The minimum absolute atomic E-state index is 0.113. The number of amides is 1. The van der Waals surface area contributed by atoms with Gasteiger partial charge in [0.2, 0.25) is 0 Å². The van der Waals surface area contributed by atoms with E-state index in [0.29, 0.717) is 19.4 Å². The number of benzene rings is 1. The van der Waals surface area contributed by atoms with Crippen molar-refractivity contribution in [2.75, 3.05) is 13.7 Å². The Hall–Kier alpha value is -2.11. The Morgan fingerprint density at radius 3 is 2.76 bits per heavy atom. The monoisotopic (exact) mass is 295 g/mol. The molecule has 5 nitrogen and oxygen atoms in total. The van der Waals surface area contributed by atoms with Crippen molar-refractivity contribution in [2.24, 2.45) is 0 Å². The topological polar surface area (TPSA) is 66.8 Å². The highest BCUT2D eigenvalue weighted by Crippen LogP contribution is 2.36. The molecule has 0 bridgehead atoms. The lowest BCUT2D eigenvalue weighted by Crippen LogP contribution is -2.52. The van der Waals surface area contributed by atoms with Gasteiger partial charge in [0.15, 0.2) is 0 Å². The molecule has 0 aromatic heterocycles. The van der Waals surface area contributed by atoms with E-state index in [1.807, 2.05) is 0 Å². The lowest BCUT2D eigenvalue weighted by Gasteiger charge is -2.34. The first kappa shape index (κ1) is 15.3. The number of halogens is 1. The molecule has 1 fully saturated rings. The van der Waals surface area contributed by atoms with E-state index >= 15 is 0 Å². The van der Waals surface area contributed by atoms with Gasteiger partial charge in [-0.15, -0.1) is 0 Å². The van der Waals surface area contributed by atoms with Gasteiger partial charge in [-0.05, 0) is 31.4 Å². The molecular formula is C15H18FNO4. The molecule has 114 valence electrons. The van der Waals surface area contributed by atoms with Gasteiger partial charge >= 0.3 is 5.97 Å². The number of hydrogen-bond acceptors (Lipinski definition) is 3. The molecule has 6 heteroatoms. The molecule has 1 N–H and O–H groups in total. The van der Waals surface area contributed by atoms with Crippen molar-refractivity contribution in [3.8, 4) is 5.75 Å². The Bertz CT molecular complexity index is 575. The van der Waals surface area contributed by atoms with Gasteiger partial charge in [0.25, 0.3) is 5.91 Å². The largest absolute Gasteiger partial charge is 0.496 e. The fraction of sp³-hybridized carbons (Fsp3) is 0.467. The normalized spacial score (nSPS) is 21.4. The first-order chi connectivity index (χ1) is 9.97. The fourth-order valence-corrected chi connectivity index (χ4v) is 2.93. The smallest absolute Gasteiger partial charge is 0.329 e. The van der Waals surface area contributed by atoms with Crippen LogP contribution in [0.3, 0.4) is 0 Å². The molecule has 1 aliphatic rings. The standard InChI is InChI=1S/C15H18FNO4/c1-3-15(14(19)20)8-5-9-17(15)13(18)12-10(16)6-4-7-11(12)21-2/h4,6-7H,3,5,8-9H2,1-2H3,(H,19,20). The van der Waals surface area contributed by atoms with E-state index in [9.17, 15) is 19.1 Å². The van der Waals surface area contributed by atoms with Crippen LogP contribution in [-0.2, 0) is 4.79 Å². The third kappa shape index (κ3) is 2.34. The van der Waals surface area contributed by atoms with Gasteiger partial charge in [0.1, 0.15) is 22.7 Å². The Morgan fingerprint density at radius 2 is 2.19 bits per heavy atom. The molecule has 1 unspecified atom stereocenters. The summed E-state index contributed by atoms with van der Waals surface area (Å²) in [7, 11) is 1.35. The van der Waals surface area contributed by atoms with Crippen molar-refractivity contribution < 1.29 is 23.8 Å². The number of methoxy groups -OCH3 is 1. The second kappa shape index (κ2) is 5.71. The molecule has 1 aliphatic heterocycles. The number of rotatable bonds is 4. The van der Waals surface area contributed by atoms with E-state index in [4.69, 9.17) is 4.74 Å². The lowest BCUT2D eigenvalue weighted by molar-refractivity contribution is -0.148. The second-order valence-electron chi connectivity index (χ2n) is 5.07. The summed E-state index contributed by atoms with van der Waals surface area (Å²) in [4.78, 5) is 25.6. The maximum absolute atomic E-state index is 14.0. The van der Waals surface area contributed by atoms with Crippen molar-refractivity contribution in [3.63, 3.8) is 0 Å². The first-order valence-corrected chi connectivity index (χ1v) is 6.85. The van der Waals surface area contributed by atoms with Crippen molar-refractivity contribution >= 4 is 11.9 Å². The van der Waals surface area contributed by atoms with Crippen LogP contribution in [0.1, 0.15) is 36.5 Å². The number of nitrogens with zero attached hydrogens (tertiary/aromatic N) is 1. The van der Waals surface area contributed by atoms with Crippen LogP contribution < -0.4 is 4.74 Å². The van der Waals surface area contributed by atoms with Crippen LogP contribution in [0.2, 0.25) is 0 Å². The Kier molecular flexibility index (Phi) is 4.16. The van der Waals surface area contributed by atoms with Crippen molar-refractivity contribution in [1.29, 1.82) is 0 Å². The third-order valence-corrected chi connectivity index (χ3v) is 4.13. The maximum Gasteiger partial charge on any atom is 0.329 e. The molecule has 0 saturated carbocycles. The number of aliphatic carboxylic acids is 1. The maximum atomic E-state index is 14.0. The molecule has 0 spiro atoms. The van der Waals surface area contributed by atoms with Gasteiger partial charge in [-0.1, -0.05) is 13.0 Å². The van der Waals surface area contributed by atoms with Crippen LogP contribution >= 0.6 is 0 Å². The van der Waals surface area contributed by atoms with Crippen LogP contribution in [0.25, 0.3) is 0 Å². The predicted molar refractivity (Wildman–Crippen MR) is 73.9 cm³/mol. The highest BCUT2D eigenvalue weighted by atomic mass is 19.1. The average molecular weight is 295 g/mol. The number of likely N-dealkylation sites (tertiary alicyclic amines) is 1. The van der Waals surface area contributed by atoms with Gasteiger partial charge in [0, 0.05) is 6.54 Å². The van der Waals surface area contributed by atoms with Crippen molar-refractivity contribution in [1.82, 2.24) is 4.90 Å². The molecule has 1 atom stereocenters.